The highest BCUT2D eigenvalue weighted by Crippen LogP contribution is 2.15. The van der Waals surface area contributed by atoms with Crippen molar-refractivity contribution in [3.63, 3.8) is 0 Å². The molecule has 0 amide bonds. The zero-order chi connectivity index (χ0) is 11.3. The lowest BCUT2D eigenvalue weighted by atomic mass is 10.1. The predicted octanol–water partition coefficient (Wildman–Crippen LogP) is 3.30. The molecule has 0 N–H and O–H groups in total. The van der Waals surface area contributed by atoms with Crippen LogP contribution in [-0.2, 0) is 5.88 Å². The molecule has 0 saturated heterocycles. The summed E-state index contributed by atoms with van der Waals surface area (Å²) in [5.74, 6) is 1.22. The Kier molecular flexibility index (Phi) is 4.89. The van der Waals surface area contributed by atoms with Gasteiger partial charge in [0.2, 0.25) is 0 Å². The normalized spacial score (nSPS) is 10.7. The molecule has 0 aliphatic heterocycles. The van der Waals surface area contributed by atoms with Crippen molar-refractivity contribution in [2.24, 2.45) is 5.92 Å². The lowest BCUT2D eigenvalue weighted by molar-refractivity contribution is 0.585. The van der Waals surface area contributed by atoms with E-state index in [1.807, 2.05) is 18.3 Å². The number of halogens is 1. The molecule has 0 aliphatic carbocycles. The highest BCUT2D eigenvalue weighted by molar-refractivity contribution is 6.16. The molecule has 1 aromatic heterocycles. The van der Waals surface area contributed by atoms with E-state index in [4.69, 9.17) is 11.6 Å². The topological polar surface area (TPSA) is 16.1 Å². The molecular formula is C12H19ClN2. The summed E-state index contributed by atoms with van der Waals surface area (Å²) in [6.07, 6.45) is 3.02. The highest BCUT2D eigenvalue weighted by atomic mass is 35.5. The molecule has 0 aliphatic rings. The molecule has 0 bridgehead atoms. The minimum Gasteiger partial charge on any atom is -0.374 e. The third-order valence-corrected chi connectivity index (χ3v) is 2.69. The number of hydrogen-bond acceptors (Lipinski definition) is 2. The third kappa shape index (κ3) is 4.08. The maximum Gasteiger partial charge on any atom is 0.0648 e. The molecule has 1 aromatic rings. The first-order valence-corrected chi connectivity index (χ1v) is 5.89. The van der Waals surface area contributed by atoms with Crippen molar-refractivity contribution >= 4 is 17.3 Å². The zero-order valence-corrected chi connectivity index (χ0v) is 10.5. The smallest absolute Gasteiger partial charge is 0.0648 e. The largest absolute Gasteiger partial charge is 0.374 e. The molecule has 0 atom stereocenters. The highest BCUT2D eigenvalue weighted by Gasteiger charge is 2.03. The maximum atomic E-state index is 5.75. The minimum atomic E-state index is 0.478. The first-order valence-electron chi connectivity index (χ1n) is 5.35. The maximum absolute atomic E-state index is 5.75. The molecule has 0 saturated carbocycles. The summed E-state index contributed by atoms with van der Waals surface area (Å²) in [6.45, 7) is 5.55. The fourth-order valence-electron chi connectivity index (χ4n) is 1.36. The van der Waals surface area contributed by atoms with Crippen LogP contribution in [0.1, 0.15) is 26.0 Å². The number of pyridine rings is 1. The number of rotatable bonds is 5. The number of nitrogens with zero attached hydrogens (tertiary/aromatic N) is 2. The van der Waals surface area contributed by atoms with Crippen molar-refractivity contribution < 1.29 is 0 Å². The van der Waals surface area contributed by atoms with Gasteiger partial charge in [-0.25, -0.2) is 0 Å². The monoisotopic (exact) mass is 226 g/mol. The number of aromatic nitrogens is 1. The van der Waals surface area contributed by atoms with Crippen LogP contribution in [0.2, 0.25) is 0 Å². The van der Waals surface area contributed by atoms with Crippen molar-refractivity contribution in [3.05, 3.63) is 24.0 Å². The van der Waals surface area contributed by atoms with Crippen LogP contribution in [0.25, 0.3) is 0 Å². The van der Waals surface area contributed by atoms with Gasteiger partial charge in [0, 0.05) is 25.5 Å². The molecule has 0 fully saturated rings. The van der Waals surface area contributed by atoms with Gasteiger partial charge in [0.1, 0.15) is 0 Å². The first-order chi connectivity index (χ1) is 7.13. The summed E-state index contributed by atoms with van der Waals surface area (Å²) in [5, 5.41) is 0. The second-order valence-electron chi connectivity index (χ2n) is 4.24. The first kappa shape index (κ1) is 12.3. The van der Waals surface area contributed by atoms with Crippen molar-refractivity contribution in [1.29, 1.82) is 0 Å². The van der Waals surface area contributed by atoms with E-state index >= 15 is 0 Å². The van der Waals surface area contributed by atoms with Crippen molar-refractivity contribution in [2.75, 3.05) is 18.5 Å². The summed E-state index contributed by atoms with van der Waals surface area (Å²) in [4.78, 5) is 6.42. The van der Waals surface area contributed by atoms with Gasteiger partial charge in [-0.2, -0.15) is 0 Å². The van der Waals surface area contributed by atoms with E-state index in [0.717, 1.165) is 18.2 Å². The number of anilines is 1. The lowest BCUT2D eigenvalue weighted by Gasteiger charge is -2.20. The Bertz CT molecular complexity index is 299. The van der Waals surface area contributed by atoms with Gasteiger partial charge in [0.05, 0.1) is 11.6 Å². The second-order valence-corrected chi connectivity index (χ2v) is 4.51. The summed E-state index contributed by atoms with van der Waals surface area (Å²) < 4.78 is 0. The molecule has 15 heavy (non-hydrogen) atoms. The number of hydrogen-bond donors (Lipinski definition) is 0. The van der Waals surface area contributed by atoms with Crippen LogP contribution in [0, 0.1) is 5.92 Å². The van der Waals surface area contributed by atoms with Gasteiger partial charge in [0.15, 0.2) is 0 Å². The van der Waals surface area contributed by atoms with Gasteiger partial charge in [0.25, 0.3) is 0 Å². The standard InChI is InChI=1S/C12H19ClN2/c1-10(2)5-7-15(3)12-4-6-14-11(8-12)9-13/h4,6,8,10H,5,7,9H2,1-3H3. The van der Waals surface area contributed by atoms with E-state index < -0.39 is 0 Å². The van der Waals surface area contributed by atoms with E-state index in [1.54, 1.807) is 0 Å². The average molecular weight is 227 g/mol. The van der Waals surface area contributed by atoms with Crippen LogP contribution in [0.3, 0.4) is 0 Å². The van der Waals surface area contributed by atoms with Gasteiger partial charge in [-0.05, 0) is 24.5 Å². The van der Waals surface area contributed by atoms with Crippen LogP contribution >= 0.6 is 11.6 Å². The fourth-order valence-corrected chi connectivity index (χ4v) is 1.50. The van der Waals surface area contributed by atoms with E-state index in [2.05, 4.69) is 30.8 Å². The van der Waals surface area contributed by atoms with Gasteiger partial charge in [-0.3, -0.25) is 4.98 Å². The zero-order valence-electron chi connectivity index (χ0n) is 9.70. The van der Waals surface area contributed by atoms with E-state index in [0.29, 0.717) is 5.88 Å². The van der Waals surface area contributed by atoms with Crippen molar-refractivity contribution in [2.45, 2.75) is 26.1 Å². The predicted molar refractivity (Wildman–Crippen MR) is 66.5 cm³/mol. The van der Waals surface area contributed by atoms with Crippen LogP contribution in [0.4, 0.5) is 5.69 Å². The third-order valence-electron chi connectivity index (χ3n) is 2.42. The number of alkyl halides is 1. The summed E-state index contributed by atoms with van der Waals surface area (Å²) in [7, 11) is 2.11. The van der Waals surface area contributed by atoms with Crippen LogP contribution < -0.4 is 4.90 Å². The van der Waals surface area contributed by atoms with Gasteiger partial charge < -0.3 is 4.90 Å². The van der Waals surface area contributed by atoms with E-state index in [-0.39, 0.29) is 0 Å². The molecule has 0 unspecified atom stereocenters. The summed E-state index contributed by atoms with van der Waals surface area (Å²) in [5.41, 5.74) is 2.13. The quantitative estimate of drug-likeness (QED) is 0.717. The molecule has 0 spiro atoms. The van der Waals surface area contributed by atoms with Gasteiger partial charge in [-0.1, -0.05) is 13.8 Å². The fraction of sp³-hybridized carbons (Fsp3) is 0.583. The van der Waals surface area contributed by atoms with Crippen LogP contribution in [0.15, 0.2) is 18.3 Å². The molecule has 84 valence electrons. The summed E-state index contributed by atoms with van der Waals surface area (Å²) in [6, 6.07) is 4.07. The summed E-state index contributed by atoms with van der Waals surface area (Å²) >= 11 is 5.75. The Morgan fingerprint density at radius 3 is 2.80 bits per heavy atom. The molecule has 3 heteroatoms. The van der Waals surface area contributed by atoms with E-state index in [9.17, 15) is 0 Å². The molecule has 2 nitrogen and oxygen atoms in total. The Balaban J connectivity index is 2.60. The van der Waals surface area contributed by atoms with Gasteiger partial charge in [-0.15, -0.1) is 11.6 Å². The Labute approximate surface area is 97.3 Å². The Morgan fingerprint density at radius 1 is 1.47 bits per heavy atom. The average Bonchev–Trinajstić information content (AvgIpc) is 2.26. The molecule has 0 radical (unpaired) electrons. The molecular weight excluding hydrogens is 208 g/mol. The van der Waals surface area contributed by atoms with Crippen LogP contribution in [-0.4, -0.2) is 18.6 Å². The van der Waals surface area contributed by atoms with Crippen LogP contribution in [0.5, 0.6) is 0 Å². The van der Waals surface area contributed by atoms with Crippen molar-refractivity contribution in [1.82, 2.24) is 4.98 Å². The minimum absolute atomic E-state index is 0.478. The lowest BCUT2D eigenvalue weighted by Crippen LogP contribution is -2.20. The van der Waals surface area contributed by atoms with Gasteiger partial charge >= 0.3 is 0 Å². The second kappa shape index (κ2) is 5.96. The Morgan fingerprint density at radius 2 is 2.20 bits per heavy atom. The van der Waals surface area contributed by atoms with E-state index in [1.165, 1.54) is 12.1 Å². The molecule has 0 aromatic carbocycles. The molecule has 1 heterocycles. The molecule has 1 rings (SSSR count). The Hall–Kier alpha value is -0.760. The SMILES string of the molecule is CC(C)CCN(C)c1ccnc(CCl)c1. The van der Waals surface area contributed by atoms with Crippen molar-refractivity contribution in [3.8, 4) is 0 Å².